The van der Waals surface area contributed by atoms with Crippen molar-refractivity contribution in [1.82, 2.24) is 19.2 Å². The Kier molecular flexibility index (Phi) is 4.18. The summed E-state index contributed by atoms with van der Waals surface area (Å²) >= 11 is 0. The molecule has 0 saturated carbocycles. The van der Waals surface area contributed by atoms with Crippen LogP contribution in [0.3, 0.4) is 0 Å². The van der Waals surface area contributed by atoms with Crippen LogP contribution in [0.5, 0.6) is 0 Å². The zero-order valence-electron chi connectivity index (χ0n) is 18.0. The minimum Gasteiger partial charge on any atom is -0.294 e. The van der Waals surface area contributed by atoms with Crippen LogP contribution in [0, 0.1) is 0 Å². The Labute approximate surface area is 185 Å². The summed E-state index contributed by atoms with van der Waals surface area (Å²) in [6.45, 7) is 4.00. The van der Waals surface area contributed by atoms with E-state index in [9.17, 15) is 0 Å². The van der Waals surface area contributed by atoms with Crippen molar-refractivity contribution >= 4 is 38.2 Å². The van der Waals surface area contributed by atoms with E-state index in [1.54, 1.807) is 0 Å². The van der Waals surface area contributed by atoms with Crippen molar-refractivity contribution in [2.45, 2.75) is 13.8 Å². The van der Waals surface area contributed by atoms with Gasteiger partial charge in [0.25, 0.3) is 0 Å². The Balaban J connectivity index is 0.000000953. The first-order valence-corrected chi connectivity index (χ1v) is 11.0. The predicted octanol–water partition coefficient (Wildman–Crippen LogP) is 7.11. The van der Waals surface area contributed by atoms with Gasteiger partial charge in [0.2, 0.25) is 0 Å². The number of benzene rings is 3. The van der Waals surface area contributed by atoms with Gasteiger partial charge >= 0.3 is 0 Å². The fourth-order valence-electron chi connectivity index (χ4n) is 4.74. The average Bonchev–Trinajstić information content (AvgIpc) is 3.49. The maximum atomic E-state index is 5.04. The van der Waals surface area contributed by atoms with Crippen molar-refractivity contribution in [3.8, 4) is 17.1 Å². The van der Waals surface area contributed by atoms with Crippen molar-refractivity contribution in [1.29, 1.82) is 0 Å². The van der Waals surface area contributed by atoms with Crippen molar-refractivity contribution < 1.29 is 0 Å². The molecule has 154 valence electrons. The molecule has 0 aliphatic heterocycles. The summed E-state index contributed by atoms with van der Waals surface area (Å²) in [5.74, 6) is 0.921. The van der Waals surface area contributed by atoms with Gasteiger partial charge in [0.1, 0.15) is 5.82 Å². The predicted molar refractivity (Wildman–Crippen MR) is 133 cm³/mol. The normalized spacial score (nSPS) is 11.4. The molecule has 4 heterocycles. The highest BCUT2D eigenvalue weighted by Gasteiger charge is 2.20. The Hall–Kier alpha value is -4.18. The fourth-order valence-corrected chi connectivity index (χ4v) is 4.74. The highest BCUT2D eigenvalue weighted by atomic mass is 15.2. The minimum atomic E-state index is 0.921. The van der Waals surface area contributed by atoms with Crippen molar-refractivity contribution in [3.05, 3.63) is 97.2 Å². The molecular formula is C28H22N4. The van der Waals surface area contributed by atoms with Gasteiger partial charge in [-0.15, -0.1) is 0 Å². The highest BCUT2D eigenvalue weighted by Crippen LogP contribution is 2.40. The monoisotopic (exact) mass is 414 g/mol. The van der Waals surface area contributed by atoms with Crippen LogP contribution in [0.15, 0.2) is 97.2 Å². The van der Waals surface area contributed by atoms with Crippen LogP contribution in [-0.2, 0) is 0 Å². The molecule has 0 unspecified atom stereocenters. The Morgan fingerprint density at radius 1 is 0.594 bits per heavy atom. The molecule has 4 heteroatoms. The molecule has 0 radical (unpaired) electrons. The molecule has 4 aromatic heterocycles. The lowest BCUT2D eigenvalue weighted by Crippen LogP contribution is -1.98. The van der Waals surface area contributed by atoms with E-state index in [1.165, 1.54) is 21.7 Å². The van der Waals surface area contributed by atoms with Crippen LogP contribution >= 0.6 is 0 Å². The minimum absolute atomic E-state index is 0.921. The molecule has 32 heavy (non-hydrogen) atoms. The van der Waals surface area contributed by atoms with E-state index in [1.807, 2.05) is 42.8 Å². The van der Waals surface area contributed by atoms with E-state index in [0.29, 0.717) is 0 Å². The number of hydrogen-bond acceptors (Lipinski definition) is 2. The zero-order valence-corrected chi connectivity index (χ0v) is 18.0. The largest absolute Gasteiger partial charge is 0.294 e. The van der Waals surface area contributed by atoms with Crippen LogP contribution in [-0.4, -0.2) is 19.2 Å². The number of fused-ring (bicyclic) bond motifs is 3. The van der Waals surface area contributed by atoms with Crippen LogP contribution in [0.2, 0.25) is 0 Å². The lowest BCUT2D eigenvalue weighted by Gasteiger charge is -2.09. The molecule has 4 nitrogen and oxygen atoms in total. The van der Waals surface area contributed by atoms with Crippen LogP contribution < -0.4 is 0 Å². The van der Waals surface area contributed by atoms with E-state index in [4.69, 9.17) is 4.98 Å². The molecule has 0 fully saturated rings. The third kappa shape index (κ3) is 2.50. The number of hydrogen-bond donors (Lipinski definition) is 0. The first-order valence-electron chi connectivity index (χ1n) is 11.0. The van der Waals surface area contributed by atoms with Crippen LogP contribution in [0.4, 0.5) is 0 Å². The quantitative estimate of drug-likeness (QED) is 0.283. The first kappa shape index (κ1) is 18.6. The lowest BCUT2D eigenvalue weighted by atomic mass is 10.1. The molecule has 3 aromatic carbocycles. The van der Waals surface area contributed by atoms with Gasteiger partial charge in [-0.05, 0) is 36.4 Å². The third-order valence-corrected chi connectivity index (χ3v) is 5.97. The van der Waals surface area contributed by atoms with Gasteiger partial charge in [0, 0.05) is 21.7 Å². The molecular weight excluding hydrogens is 392 g/mol. The second-order valence-corrected chi connectivity index (χ2v) is 7.58. The Morgan fingerprint density at radius 3 is 2.16 bits per heavy atom. The fraction of sp³-hybridized carbons (Fsp3) is 0.0714. The molecule has 0 spiro atoms. The van der Waals surface area contributed by atoms with E-state index < -0.39 is 0 Å². The molecule has 0 saturated heterocycles. The van der Waals surface area contributed by atoms with Gasteiger partial charge in [0.05, 0.1) is 34.0 Å². The number of rotatable bonds is 2. The molecule has 7 rings (SSSR count). The number of pyridine rings is 2. The van der Waals surface area contributed by atoms with E-state index >= 15 is 0 Å². The van der Waals surface area contributed by atoms with Gasteiger partial charge in [0.15, 0.2) is 0 Å². The van der Waals surface area contributed by atoms with Gasteiger partial charge in [-0.1, -0.05) is 68.4 Å². The number of aromatic nitrogens is 4. The standard InChI is InChI=1S/C26H16N4.C2H6/c1-2-7-17(8-3-1)19-10-5-14-24(28-19)29-21-11-4-9-18-20-15-16-27-30(20)23-13-6-12-22(29)26(23)25(18)21;1-2/h1-16H;1-2H3. The summed E-state index contributed by atoms with van der Waals surface area (Å²) in [6, 6.07) is 31.6. The Morgan fingerprint density at radius 2 is 1.31 bits per heavy atom. The van der Waals surface area contributed by atoms with Gasteiger partial charge in [-0.3, -0.25) is 4.57 Å². The van der Waals surface area contributed by atoms with Gasteiger partial charge in [-0.2, -0.15) is 5.10 Å². The number of nitrogens with zero attached hydrogens (tertiary/aromatic N) is 4. The van der Waals surface area contributed by atoms with Gasteiger partial charge < -0.3 is 0 Å². The molecule has 0 bridgehead atoms. The molecule has 7 aromatic rings. The second kappa shape index (κ2) is 7.20. The van der Waals surface area contributed by atoms with Crippen molar-refractivity contribution in [2.24, 2.45) is 0 Å². The smallest absolute Gasteiger partial charge is 0.138 e. The summed E-state index contributed by atoms with van der Waals surface area (Å²) in [7, 11) is 0. The third-order valence-electron chi connectivity index (χ3n) is 5.97. The maximum Gasteiger partial charge on any atom is 0.138 e. The topological polar surface area (TPSA) is 35.1 Å². The Bertz CT molecular complexity index is 1610. The van der Waals surface area contributed by atoms with E-state index in [-0.39, 0.29) is 0 Å². The summed E-state index contributed by atoms with van der Waals surface area (Å²) in [5.41, 5.74) is 6.65. The summed E-state index contributed by atoms with van der Waals surface area (Å²) in [5, 5.41) is 8.30. The van der Waals surface area contributed by atoms with Crippen LogP contribution in [0.1, 0.15) is 13.8 Å². The molecule has 0 atom stereocenters. The maximum absolute atomic E-state index is 5.04. The van der Waals surface area contributed by atoms with Crippen molar-refractivity contribution in [2.75, 3.05) is 0 Å². The second-order valence-electron chi connectivity index (χ2n) is 7.58. The van der Waals surface area contributed by atoms with Crippen molar-refractivity contribution in [3.63, 3.8) is 0 Å². The van der Waals surface area contributed by atoms with Gasteiger partial charge in [-0.25, -0.2) is 9.50 Å². The summed E-state index contributed by atoms with van der Waals surface area (Å²) in [4.78, 5) is 5.04. The zero-order chi connectivity index (χ0) is 21.7. The van der Waals surface area contributed by atoms with E-state index in [2.05, 4.69) is 82.5 Å². The first-order chi connectivity index (χ1) is 15.9. The molecule has 0 amide bonds. The molecule has 0 N–H and O–H groups in total. The summed E-state index contributed by atoms with van der Waals surface area (Å²) in [6.07, 6.45) is 1.87. The SMILES string of the molecule is CC.c1ccc(-c2cccc(-n3c4cccc5c4c4c3cccc4n3nccc53)n2)cc1. The highest BCUT2D eigenvalue weighted by molar-refractivity contribution is 6.26. The molecule has 0 aliphatic rings. The lowest BCUT2D eigenvalue weighted by molar-refractivity contribution is 1.01. The molecule has 0 aliphatic carbocycles. The average molecular weight is 415 g/mol. The summed E-state index contributed by atoms with van der Waals surface area (Å²) < 4.78 is 4.32. The van der Waals surface area contributed by atoms with Crippen LogP contribution in [0.25, 0.3) is 55.3 Å². The van der Waals surface area contributed by atoms with E-state index in [0.717, 1.165) is 33.6 Å².